The van der Waals surface area contributed by atoms with E-state index in [4.69, 9.17) is 15.6 Å². The standard InChI is InChI=1S/C13H17N3O5/c1-21-7-6-10(12(18)19)16-11(17)8-2-4-9(5-3-8)15-13(14)20/h2-5,10H,6-7H2,1H3,(H,16,17)(H,18,19)(H3,14,15,20). The summed E-state index contributed by atoms with van der Waals surface area (Å²) < 4.78 is 4.80. The van der Waals surface area contributed by atoms with Crippen molar-refractivity contribution in [1.82, 2.24) is 5.32 Å². The smallest absolute Gasteiger partial charge is 0.326 e. The summed E-state index contributed by atoms with van der Waals surface area (Å²) in [5.74, 6) is -1.66. The van der Waals surface area contributed by atoms with E-state index in [0.717, 1.165) is 0 Å². The monoisotopic (exact) mass is 295 g/mol. The van der Waals surface area contributed by atoms with Gasteiger partial charge in [-0.1, -0.05) is 0 Å². The first kappa shape index (κ1) is 16.4. The molecule has 8 heteroatoms. The highest BCUT2D eigenvalue weighted by Crippen LogP contribution is 2.09. The summed E-state index contributed by atoms with van der Waals surface area (Å²) in [4.78, 5) is 33.6. The number of benzene rings is 1. The van der Waals surface area contributed by atoms with E-state index >= 15 is 0 Å². The number of anilines is 1. The summed E-state index contributed by atoms with van der Waals surface area (Å²) in [5, 5.41) is 13.8. The molecular formula is C13H17N3O5. The fourth-order valence-corrected chi connectivity index (χ4v) is 1.58. The van der Waals surface area contributed by atoms with E-state index in [1.165, 1.54) is 31.4 Å². The lowest BCUT2D eigenvalue weighted by atomic mass is 10.1. The lowest BCUT2D eigenvalue weighted by Crippen LogP contribution is -2.41. The number of carbonyl (C=O) groups is 3. The van der Waals surface area contributed by atoms with Crippen molar-refractivity contribution in [3.05, 3.63) is 29.8 Å². The first-order valence-electron chi connectivity index (χ1n) is 6.13. The summed E-state index contributed by atoms with van der Waals surface area (Å²) >= 11 is 0. The van der Waals surface area contributed by atoms with Crippen LogP contribution in [0.25, 0.3) is 0 Å². The van der Waals surface area contributed by atoms with E-state index in [-0.39, 0.29) is 18.6 Å². The Kier molecular flexibility index (Phi) is 6.15. The van der Waals surface area contributed by atoms with Crippen molar-refractivity contribution < 1.29 is 24.2 Å². The molecule has 0 fully saturated rings. The Morgan fingerprint density at radius 3 is 2.38 bits per heavy atom. The van der Waals surface area contributed by atoms with E-state index < -0.39 is 23.9 Å². The molecule has 1 atom stereocenters. The number of nitrogens with one attached hydrogen (secondary N) is 2. The second kappa shape index (κ2) is 7.85. The number of amides is 3. The van der Waals surface area contributed by atoms with Gasteiger partial charge in [0.15, 0.2) is 0 Å². The molecule has 0 saturated heterocycles. The maximum atomic E-state index is 11.9. The van der Waals surface area contributed by atoms with E-state index in [0.29, 0.717) is 5.69 Å². The van der Waals surface area contributed by atoms with Crippen LogP contribution in [0.15, 0.2) is 24.3 Å². The van der Waals surface area contributed by atoms with Crippen molar-refractivity contribution in [2.45, 2.75) is 12.5 Å². The van der Waals surface area contributed by atoms with Crippen LogP contribution in [0.3, 0.4) is 0 Å². The minimum absolute atomic E-state index is 0.166. The number of carboxylic acids is 1. The van der Waals surface area contributed by atoms with Crippen LogP contribution in [0.1, 0.15) is 16.8 Å². The Bertz CT molecular complexity index is 515. The normalized spacial score (nSPS) is 11.5. The van der Waals surface area contributed by atoms with Crippen LogP contribution in [-0.2, 0) is 9.53 Å². The van der Waals surface area contributed by atoms with Crippen molar-refractivity contribution in [1.29, 1.82) is 0 Å². The van der Waals surface area contributed by atoms with Crippen LogP contribution in [-0.4, -0.2) is 42.8 Å². The highest BCUT2D eigenvalue weighted by atomic mass is 16.5. The maximum absolute atomic E-state index is 11.9. The SMILES string of the molecule is COCCC(NC(=O)c1ccc(NC(N)=O)cc1)C(=O)O. The van der Waals surface area contributed by atoms with Gasteiger partial charge in [0.05, 0.1) is 0 Å². The molecule has 0 aliphatic carbocycles. The molecule has 0 heterocycles. The van der Waals surface area contributed by atoms with Gasteiger partial charge in [0, 0.05) is 31.4 Å². The predicted octanol–water partition coefficient (Wildman–Crippen LogP) is 0.397. The van der Waals surface area contributed by atoms with Crippen LogP contribution in [0.4, 0.5) is 10.5 Å². The molecule has 1 aromatic rings. The van der Waals surface area contributed by atoms with Crippen LogP contribution in [0.5, 0.6) is 0 Å². The quantitative estimate of drug-likeness (QED) is 0.578. The van der Waals surface area contributed by atoms with Gasteiger partial charge in [0.1, 0.15) is 6.04 Å². The third kappa shape index (κ3) is 5.49. The predicted molar refractivity (Wildman–Crippen MR) is 75.0 cm³/mol. The molecule has 0 aromatic heterocycles. The van der Waals surface area contributed by atoms with Crippen LogP contribution < -0.4 is 16.4 Å². The summed E-state index contributed by atoms with van der Waals surface area (Å²) in [6, 6.07) is 4.15. The fourth-order valence-electron chi connectivity index (χ4n) is 1.58. The molecular weight excluding hydrogens is 278 g/mol. The highest BCUT2D eigenvalue weighted by Gasteiger charge is 2.20. The molecule has 8 nitrogen and oxygen atoms in total. The third-order valence-electron chi connectivity index (χ3n) is 2.63. The van der Waals surface area contributed by atoms with Gasteiger partial charge in [-0.3, -0.25) is 4.79 Å². The van der Waals surface area contributed by atoms with Crippen LogP contribution in [0, 0.1) is 0 Å². The van der Waals surface area contributed by atoms with Gasteiger partial charge >= 0.3 is 12.0 Å². The minimum Gasteiger partial charge on any atom is -0.480 e. The minimum atomic E-state index is -1.13. The van der Waals surface area contributed by atoms with Crippen LogP contribution >= 0.6 is 0 Å². The molecule has 3 amide bonds. The lowest BCUT2D eigenvalue weighted by molar-refractivity contribution is -0.139. The zero-order valence-electron chi connectivity index (χ0n) is 11.5. The molecule has 21 heavy (non-hydrogen) atoms. The van der Waals surface area contributed by atoms with Gasteiger partial charge in [0.25, 0.3) is 5.91 Å². The average molecular weight is 295 g/mol. The van der Waals surface area contributed by atoms with Crippen molar-refractivity contribution in [3.8, 4) is 0 Å². The Labute approximate surface area is 121 Å². The van der Waals surface area contributed by atoms with Gasteiger partial charge in [-0.15, -0.1) is 0 Å². The van der Waals surface area contributed by atoms with E-state index in [1.807, 2.05) is 0 Å². The van der Waals surface area contributed by atoms with Crippen molar-refractivity contribution >= 4 is 23.6 Å². The maximum Gasteiger partial charge on any atom is 0.326 e. The molecule has 0 aliphatic heterocycles. The van der Waals surface area contributed by atoms with Crippen molar-refractivity contribution in [2.75, 3.05) is 19.0 Å². The first-order valence-corrected chi connectivity index (χ1v) is 6.13. The number of ether oxygens (including phenoxy) is 1. The molecule has 1 unspecified atom stereocenters. The number of methoxy groups -OCH3 is 1. The summed E-state index contributed by atoms with van der Waals surface area (Å²) in [5.41, 5.74) is 5.67. The van der Waals surface area contributed by atoms with E-state index in [1.54, 1.807) is 0 Å². The van der Waals surface area contributed by atoms with Gasteiger partial charge in [-0.2, -0.15) is 0 Å². The number of carbonyl (C=O) groups excluding carboxylic acids is 2. The fraction of sp³-hybridized carbons (Fsp3) is 0.308. The Morgan fingerprint density at radius 2 is 1.90 bits per heavy atom. The number of primary amides is 1. The van der Waals surface area contributed by atoms with Crippen molar-refractivity contribution in [2.24, 2.45) is 5.73 Å². The van der Waals surface area contributed by atoms with E-state index in [9.17, 15) is 14.4 Å². The molecule has 0 saturated carbocycles. The van der Waals surface area contributed by atoms with Crippen molar-refractivity contribution in [3.63, 3.8) is 0 Å². The Balaban J connectivity index is 2.69. The molecule has 0 radical (unpaired) electrons. The van der Waals surface area contributed by atoms with Gasteiger partial charge in [-0.05, 0) is 24.3 Å². The number of hydrogen-bond acceptors (Lipinski definition) is 4. The molecule has 0 aliphatic rings. The highest BCUT2D eigenvalue weighted by molar-refractivity contribution is 5.97. The largest absolute Gasteiger partial charge is 0.480 e. The second-order valence-electron chi connectivity index (χ2n) is 4.21. The van der Waals surface area contributed by atoms with Gasteiger partial charge in [-0.25, -0.2) is 9.59 Å². The van der Waals surface area contributed by atoms with Gasteiger partial charge in [0.2, 0.25) is 0 Å². The lowest BCUT2D eigenvalue weighted by Gasteiger charge is -2.14. The molecule has 114 valence electrons. The molecule has 0 bridgehead atoms. The Hall–Kier alpha value is -2.61. The van der Waals surface area contributed by atoms with Crippen LogP contribution in [0.2, 0.25) is 0 Å². The summed E-state index contributed by atoms with van der Waals surface area (Å²) in [7, 11) is 1.45. The van der Waals surface area contributed by atoms with Gasteiger partial charge < -0.3 is 26.2 Å². The molecule has 0 spiro atoms. The zero-order chi connectivity index (χ0) is 15.8. The number of carboxylic acid groups (broad SMARTS) is 1. The molecule has 5 N–H and O–H groups in total. The molecule has 1 rings (SSSR count). The third-order valence-corrected chi connectivity index (χ3v) is 2.63. The van der Waals surface area contributed by atoms with E-state index in [2.05, 4.69) is 10.6 Å². The number of nitrogens with two attached hydrogens (primary N) is 1. The number of rotatable bonds is 7. The average Bonchev–Trinajstić information content (AvgIpc) is 2.43. The number of aliphatic carboxylic acids is 1. The summed E-state index contributed by atoms with van der Waals surface area (Å²) in [6.07, 6.45) is 0.166. The Morgan fingerprint density at radius 1 is 1.29 bits per heavy atom. The number of hydrogen-bond donors (Lipinski definition) is 4. The number of urea groups is 1. The summed E-state index contributed by atoms with van der Waals surface area (Å²) in [6.45, 7) is 0.221. The molecule has 1 aromatic carbocycles. The second-order valence-corrected chi connectivity index (χ2v) is 4.21. The zero-order valence-corrected chi connectivity index (χ0v) is 11.5. The first-order chi connectivity index (χ1) is 9.93. The topological polar surface area (TPSA) is 131 Å².